The Balaban J connectivity index is 0.000000236. The Kier molecular flexibility index (Phi) is 5.82. The second-order valence-electron chi connectivity index (χ2n) is 1.75. The van der Waals surface area contributed by atoms with Crippen molar-refractivity contribution >= 4 is 11.9 Å². The zero-order valence-electron chi connectivity index (χ0n) is 5.78. The van der Waals surface area contributed by atoms with Crippen LogP contribution in [0.1, 0.15) is 5.56 Å². The van der Waals surface area contributed by atoms with Gasteiger partial charge in [-0.25, -0.2) is 0 Å². The summed E-state index contributed by atoms with van der Waals surface area (Å²) in [6, 6.07) is 10.3. The molecule has 0 aliphatic heterocycles. The molecule has 0 saturated heterocycles. The molecular weight excluding hydrogens is 146 g/mol. The Morgan fingerprint density at radius 1 is 1.30 bits per heavy atom. The number of benzene rings is 1. The highest BCUT2D eigenvalue weighted by Crippen LogP contribution is 1.92. The van der Waals surface area contributed by atoms with Crippen LogP contribution in [0.4, 0.5) is 0 Å². The molecular formula is C7H10NOS+. The van der Waals surface area contributed by atoms with Gasteiger partial charge in [-0.05, 0) is 12.1 Å². The Hall–Kier alpha value is -0.800. The van der Waals surface area contributed by atoms with Gasteiger partial charge < -0.3 is 0 Å². The average Bonchev–Trinajstić information content (AvgIpc) is 1.91. The molecule has 2 N–H and O–H groups in total. The first-order chi connectivity index (χ1) is 4.81. The smallest absolute Gasteiger partial charge is 0.0622 e. The van der Waals surface area contributed by atoms with Crippen LogP contribution in [-0.2, 0) is 16.1 Å². The molecule has 0 saturated carbocycles. The fourth-order valence-corrected chi connectivity index (χ4v) is 0.534. The van der Waals surface area contributed by atoms with Crippen LogP contribution in [0.25, 0.3) is 0 Å². The topological polar surface area (TPSA) is 43.1 Å². The third kappa shape index (κ3) is 5.34. The Bertz CT molecular complexity index is 176. The number of rotatable bonds is 0. The maximum absolute atomic E-state index is 8.62. The van der Waals surface area contributed by atoms with Crippen molar-refractivity contribution < 1.29 is 4.21 Å². The summed E-state index contributed by atoms with van der Waals surface area (Å²) >= 11 is -0.000000000000000222. The minimum Gasteiger partial charge on any atom is -0.0622 e. The van der Waals surface area contributed by atoms with Crippen molar-refractivity contribution in [1.29, 1.82) is 0 Å². The molecule has 54 valence electrons. The fraction of sp³-hybridized carbons (Fsp3) is 0.143. The summed E-state index contributed by atoms with van der Waals surface area (Å²) in [5.74, 6) is 0. The number of hydrogen-bond donors (Lipinski definition) is 1. The zero-order chi connectivity index (χ0) is 7.82. The van der Waals surface area contributed by atoms with Crippen molar-refractivity contribution in [1.82, 2.24) is 0 Å². The summed E-state index contributed by atoms with van der Waals surface area (Å²) in [6.45, 7) is 2.08. The zero-order valence-corrected chi connectivity index (χ0v) is 6.60. The molecule has 0 unspecified atom stereocenters. The predicted molar refractivity (Wildman–Crippen MR) is 43.4 cm³/mol. The number of aryl methyl sites for hydroxylation is 1. The predicted octanol–water partition coefficient (Wildman–Crippen LogP) is 1.28. The molecule has 1 aromatic carbocycles. The lowest BCUT2D eigenvalue weighted by molar-refractivity contribution is 0.605. The van der Waals surface area contributed by atoms with Crippen LogP contribution in [-0.4, -0.2) is 0 Å². The molecule has 1 aromatic rings. The van der Waals surface area contributed by atoms with E-state index < -0.39 is 0 Å². The monoisotopic (exact) mass is 156 g/mol. The lowest BCUT2D eigenvalue weighted by Crippen LogP contribution is -1.73. The molecule has 2 nitrogen and oxygen atoms in total. The van der Waals surface area contributed by atoms with Crippen LogP contribution in [0.5, 0.6) is 0 Å². The van der Waals surface area contributed by atoms with Gasteiger partial charge in [0.1, 0.15) is 0 Å². The van der Waals surface area contributed by atoms with E-state index in [1.165, 1.54) is 5.56 Å². The molecule has 3 heteroatoms. The largest absolute Gasteiger partial charge is 0.584 e. The molecule has 1 rings (SSSR count). The van der Waals surface area contributed by atoms with E-state index in [0.717, 1.165) is 0 Å². The van der Waals surface area contributed by atoms with Gasteiger partial charge in [0.15, 0.2) is 0 Å². The van der Waals surface area contributed by atoms with Crippen LogP contribution in [0.2, 0.25) is 0 Å². The van der Waals surface area contributed by atoms with Gasteiger partial charge in [0.2, 0.25) is 0 Å². The molecule has 0 bridgehead atoms. The molecule has 0 atom stereocenters. The molecule has 0 heterocycles. The summed E-state index contributed by atoms with van der Waals surface area (Å²) in [6.07, 6.45) is 0. The molecule has 10 heavy (non-hydrogen) atoms. The van der Waals surface area contributed by atoms with E-state index >= 15 is 0 Å². The van der Waals surface area contributed by atoms with Gasteiger partial charge in [0.25, 0.3) is 0 Å². The van der Waals surface area contributed by atoms with Crippen LogP contribution in [0.3, 0.4) is 0 Å². The summed E-state index contributed by atoms with van der Waals surface area (Å²) < 4.78 is 8.62. The number of hydrogen-bond acceptors (Lipinski definition) is 1. The SMILES string of the molecule is Cc1ccccc1.N[S+]=O. The summed E-state index contributed by atoms with van der Waals surface area (Å²) in [7, 11) is 0. The standard InChI is InChI=1S/C7H8.H2NOS/c1-7-5-3-2-4-6-7;1-3-2/h2-6H,1H3;(H2,1,2)/q;+1. The molecule has 0 radical (unpaired) electrons. The lowest BCUT2D eigenvalue weighted by atomic mass is 10.2. The van der Waals surface area contributed by atoms with Gasteiger partial charge in [-0.3, -0.25) is 0 Å². The van der Waals surface area contributed by atoms with Crippen molar-refractivity contribution in [2.75, 3.05) is 0 Å². The van der Waals surface area contributed by atoms with Crippen molar-refractivity contribution in [2.45, 2.75) is 6.92 Å². The molecule has 0 spiro atoms. The minimum absolute atomic E-state index is 0.000000000000000222. The quantitative estimate of drug-likeness (QED) is 0.446. The van der Waals surface area contributed by atoms with Gasteiger partial charge in [-0.1, -0.05) is 35.9 Å². The van der Waals surface area contributed by atoms with Crippen LogP contribution in [0, 0.1) is 6.92 Å². The average molecular weight is 156 g/mol. The maximum Gasteiger partial charge on any atom is 0.584 e. The molecule has 0 fully saturated rings. The first-order valence-corrected chi connectivity index (χ1v) is 3.62. The first-order valence-electron chi connectivity index (χ1n) is 2.81. The molecule has 0 aliphatic carbocycles. The van der Waals surface area contributed by atoms with E-state index in [9.17, 15) is 0 Å². The maximum atomic E-state index is 8.62. The highest BCUT2D eigenvalue weighted by molar-refractivity contribution is 7.62. The van der Waals surface area contributed by atoms with Crippen molar-refractivity contribution in [3.8, 4) is 0 Å². The number of nitrogens with two attached hydrogens (primary N) is 1. The van der Waals surface area contributed by atoms with Crippen molar-refractivity contribution in [3.63, 3.8) is 0 Å². The Labute approximate surface area is 64.7 Å². The first kappa shape index (κ1) is 9.20. The van der Waals surface area contributed by atoms with E-state index in [1.807, 2.05) is 18.2 Å². The van der Waals surface area contributed by atoms with Gasteiger partial charge in [-0.2, -0.15) is 0 Å². The normalized spacial score (nSPS) is 7.40. The second kappa shape index (κ2) is 6.32. The molecule has 0 aliphatic rings. The van der Waals surface area contributed by atoms with Gasteiger partial charge in [0, 0.05) is 0 Å². The van der Waals surface area contributed by atoms with E-state index in [-0.39, 0.29) is 11.9 Å². The third-order valence-corrected chi connectivity index (χ3v) is 0.940. The van der Waals surface area contributed by atoms with E-state index in [4.69, 9.17) is 4.21 Å². The Morgan fingerprint density at radius 3 is 1.90 bits per heavy atom. The third-order valence-electron chi connectivity index (χ3n) is 0.940. The molecule has 0 amide bonds. The van der Waals surface area contributed by atoms with Crippen molar-refractivity contribution in [2.24, 2.45) is 5.14 Å². The highest BCUT2D eigenvalue weighted by Gasteiger charge is 1.72. The summed E-state index contributed by atoms with van der Waals surface area (Å²) in [5, 5.41) is 4.21. The second-order valence-corrected chi connectivity index (χ2v) is 1.94. The summed E-state index contributed by atoms with van der Waals surface area (Å²) in [4.78, 5) is 0. The Morgan fingerprint density at radius 2 is 1.70 bits per heavy atom. The van der Waals surface area contributed by atoms with E-state index in [1.54, 1.807) is 0 Å². The van der Waals surface area contributed by atoms with Crippen LogP contribution in [0.15, 0.2) is 30.3 Å². The van der Waals surface area contributed by atoms with Gasteiger partial charge in [-0.15, -0.1) is 0 Å². The van der Waals surface area contributed by atoms with Crippen LogP contribution >= 0.6 is 0 Å². The van der Waals surface area contributed by atoms with Crippen LogP contribution < -0.4 is 5.14 Å². The lowest BCUT2D eigenvalue weighted by Gasteiger charge is -1.82. The van der Waals surface area contributed by atoms with E-state index in [2.05, 4.69) is 24.2 Å². The molecule has 0 aromatic heterocycles. The minimum atomic E-state index is -0.000000000000000222. The van der Waals surface area contributed by atoms with Gasteiger partial charge >= 0.3 is 11.9 Å². The highest BCUT2D eigenvalue weighted by atomic mass is 32.2. The van der Waals surface area contributed by atoms with Gasteiger partial charge in [0.05, 0.1) is 4.21 Å². The fourth-order valence-electron chi connectivity index (χ4n) is 0.534. The van der Waals surface area contributed by atoms with Crippen molar-refractivity contribution in [3.05, 3.63) is 35.9 Å². The van der Waals surface area contributed by atoms with E-state index in [0.29, 0.717) is 0 Å². The summed E-state index contributed by atoms with van der Waals surface area (Å²) in [5.41, 5.74) is 1.32.